The van der Waals surface area contributed by atoms with Crippen LogP contribution in [0.15, 0.2) is 64.4 Å². The molecule has 2 aromatic carbocycles. The molecule has 3 aromatic rings. The molecule has 25 heavy (non-hydrogen) atoms. The van der Waals surface area contributed by atoms with E-state index in [9.17, 15) is 14.0 Å². The lowest BCUT2D eigenvalue weighted by atomic mass is 10.1. The maximum Gasteiger partial charge on any atom is 0.316 e. The van der Waals surface area contributed by atoms with Gasteiger partial charge >= 0.3 is 11.1 Å². The number of aromatic nitrogens is 2. The van der Waals surface area contributed by atoms with E-state index < -0.39 is 16.9 Å². The smallest absolute Gasteiger partial charge is 0.305 e. The number of nitrogens with zero attached hydrogens (tertiary/aromatic N) is 2. The summed E-state index contributed by atoms with van der Waals surface area (Å²) < 4.78 is 16.4. The van der Waals surface area contributed by atoms with Crippen molar-refractivity contribution >= 4 is 11.6 Å². The summed E-state index contributed by atoms with van der Waals surface area (Å²) >= 11 is 5.98. The van der Waals surface area contributed by atoms with E-state index in [1.807, 2.05) is 31.2 Å². The third-order valence-corrected chi connectivity index (χ3v) is 4.35. The van der Waals surface area contributed by atoms with Crippen molar-refractivity contribution in [2.75, 3.05) is 0 Å². The molecule has 0 amide bonds. The van der Waals surface area contributed by atoms with Crippen molar-refractivity contribution in [1.82, 2.24) is 9.13 Å². The molecular formula is C19H16ClFN2O2. The van der Waals surface area contributed by atoms with Crippen molar-refractivity contribution < 1.29 is 4.39 Å². The molecule has 6 heteroatoms. The lowest BCUT2D eigenvalue weighted by molar-refractivity contribution is 0.589. The van der Waals surface area contributed by atoms with Gasteiger partial charge in [-0.05, 0) is 24.6 Å². The molecule has 0 bridgehead atoms. The monoisotopic (exact) mass is 358 g/mol. The van der Waals surface area contributed by atoms with Crippen molar-refractivity contribution in [3.63, 3.8) is 0 Å². The van der Waals surface area contributed by atoms with Gasteiger partial charge in [0.25, 0.3) is 0 Å². The molecule has 1 heterocycles. The van der Waals surface area contributed by atoms with Gasteiger partial charge in [0.05, 0.1) is 13.1 Å². The van der Waals surface area contributed by atoms with Crippen LogP contribution < -0.4 is 11.1 Å². The first kappa shape index (κ1) is 17.2. The summed E-state index contributed by atoms with van der Waals surface area (Å²) in [6.45, 7) is 2.19. The standard InChI is InChI=1S/C19H16ClFN2O2/c1-13-5-7-14(8-6-13)11-22-9-10-23(19(25)18(22)24)12-15-16(20)3-2-4-17(15)21/h2-10H,11-12H2,1H3. The summed E-state index contributed by atoms with van der Waals surface area (Å²) in [5.41, 5.74) is 0.849. The molecule has 0 atom stereocenters. The Labute approximate surface area is 148 Å². The molecular weight excluding hydrogens is 343 g/mol. The van der Waals surface area contributed by atoms with Gasteiger partial charge in [-0.2, -0.15) is 0 Å². The summed E-state index contributed by atoms with van der Waals surface area (Å²) in [6.07, 6.45) is 3.00. The van der Waals surface area contributed by atoms with Gasteiger partial charge in [-0.3, -0.25) is 9.59 Å². The molecule has 0 saturated heterocycles. The van der Waals surface area contributed by atoms with Crippen LogP contribution in [0.1, 0.15) is 16.7 Å². The van der Waals surface area contributed by atoms with Gasteiger partial charge in [-0.15, -0.1) is 0 Å². The Morgan fingerprint density at radius 3 is 2.12 bits per heavy atom. The number of rotatable bonds is 4. The van der Waals surface area contributed by atoms with E-state index in [-0.39, 0.29) is 17.1 Å². The summed E-state index contributed by atoms with van der Waals surface area (Å²) in [5.74, 6) is -0.511. The van der Waals surface area contributed by atoms with Gasteiger partial charge in [0.1, 0.15) is 5.82 Å². The number of halogens is 2. The second kappa shape index (κ2) is 7.07. The molecule has 0 saturated carbocycles. The predicted octanol–water partition coefficient (Wildman–Crippen LogP) is 3.21. The molecule has 0 aliphatic rings. The molecule has 128 valence electrons. The average Bonchev–Trinajstić information content (AvgIpc) is 2.59. The van der Waals surface area contributed by atoms with Gasteiger partial charge in [0, 0.05) is 23.0 Å². The predicted molar refractivity (Wildman–Crippen MR) is 95.8 cm³/mol. The Morgan fingerprint density at radius 1 is 0.920 bits per heavy atom. The van der Waals surface area contributed by atoms with Crippen molar-refractivity contribution in [3.05, 3.63) is 103 Å². The Bertz CT molecular complexity index is 1000. The van der Waals surface area contributed by atoms with Crippen molar-refractivity contribution in [2.24, 2.45) is 0 Å². The molecule has 0 fully saturated rings. The number of hydrogen-bond acceptors (Lipinski definition) is 2. The lowest BCUT2D eigenvalue weighted by Gasteiger charge is -2.11. The highest BCUT2D eigenvalue weighted by atomic mass is 35.5. The second-order valence-corrected chi connectivity index (χ2v) is 6.26. The lowest BCUT2D eigenvalue weighted by Crippen LogP contribution is -2.41. The minimum absolute atomic E-state index is 0.0923. The fraction of sp³-hybridized carbons (Fsp3) is 0.158. The first-order valence-electron chi connectivity index (χ1n) is 7.74. The van der Waals surface area contributed by atoms with Crippen LogP contribution in [0, 0.1) is 12.7 Å². The van der Waals surface area contributed by atoms with Crippen LogP contribution in [-0.4, -0.2) is 9.13 Å². The summed E-state index contributed by atoms with van der Waals surface area (Å²) in [6, 6.07) is 12.0. The highest BCUT2D eigenvalue weighted by molar-refractivity contribution is 6.31. The van der Waals surface area contributed by atoms with E-state index in [1.54, 1.807) is 6.07 Å². The fourth-order valence-corrected chi connectivity index (χ4v) is 2.76. The van der Waals surface area contributed by atoms with Gasteiger partial charge < -0.3 is 9.13 Å². The molecule has 0 unspecified atom stereocenters. The Balaban J connectivity index is 1.92. The third kappa shape index (κ3) is 3.72. The summed E-state index contributed by atoms with van der Waals surface area (Å²) in [5, 5.41) is 0.218. The van der Waals surface area contributed by atoms with Crippen LogP contribution in [-0.2, 0) is 13.1 Å². The molecule has 3 rings (SSSR count). The van der Waals surface area contributed by atoms with E-state index >= 15 is 0 Å². The van der Waals surface area contributed by atoms with E-state index in [0.717, 1.165) is 15.7 Å². The molecule has 0 radical (unpaired) electrons. The zero-order valence-electron chi connectivity index (χ0n) is 13.6. The Kier molecular flexibility index (Phi) is 4.86. The molecule has 1 aromatic heterocycles. The quantitative estimate of drug-likeness (QED) is 0.672. The molecule has 4 nitrogen and oxygen atoms in total. The van der Waals surface area contributed by atoms with Gasteiger partial charge in [-0.1, -0.05) is 47.5 Å². The molecule has 0 aliphatic carbocycles. The van der Waals surface area contributed by atoms with Crippen LogP contribution >= 0.6 is 11.6 Å². The van der Waals surface area contributed by atoms with E-state index in [0.29, 0.717) is 6.54 Å². The van der Waals surface area contributed by atoms with Crippen molar-refractivity contribution in [3.8, 4) is 0 Å². The van der Waals surface area contributed by atoms with Crippen LogP contribution in [0.2, 0.25) is 5.02 Å². The van der Waals surface area contributed by atoms with Crippen molar-refractivity contribution in [1.29, 1.82) is 0 Å². The van der Waals surface area contributed by atoms with Gasteiger partial charge in [0.2, 0.25) is 0 Å². The highest BCUT2D eigenvalue weighted by Crippen LogP contribution is 2.19. The fourth-order valence-electron chi connectivity index (χ4n) is 2.53. The number of benzene rings is 2. The highest BCUT2D eigenvalue weighted by Gasteiger charge is 2.11. The number of aryl methyl sites for hydroxylation is 1. The topological polar surface area (TPSA) is 44.0 Å². The van der Waals surface area contributed by atoms with Crippen LogP contribution in [0.5, 0.6) is 0 Å². The minimum Gasteiger partial charge on any atom is -0.305 e. The van der Waals surface area contributed by atoms with Gasteiger partial charge in [0.15, 0.2) is 0 Å². The Morgan fingerprint density at radius 2 is 1.52 bits per heavy atom. The second-order valence-electron chi connectivity index (χ2n) is 5.85. The molecule has 0 spiro atoms. The molecule has 0 aliphatic heterocycles. The SMILES string of the molecule is Cc1ccc(Cn2ccn(Cc3c(F)cccc3Cl)c(=O)c2=O)cc1. The summed E-state index contributed by atoms with van der Waals surface area (Å²) in [4.78, 5) is 24.6. The largest absolute Gasteiger partial charge is 0.316 e. The average molecular weight is 359 g/mol. The minimum atomic E-state index is -0.714. The summed E-state index contributed by atoms with van der Waals surface area (Å²) in [7, 11) is 0. The van der Waals surface area contributed by atoms with Crippen molar-refractivity contribution in [2.45, 2.75) is 20.0 Å². The van der Waals surface area contributed by atoms with E-state index in [1.165, 1.54) is 29.1 Å². The normalized spacial score (nSPS) is 10.8. The van der Waals surface area contributed by atoms with Crippen LogP contribution in [0.25, 0.3) is 0 Å². The first-order chi connectivity index (χ1) is 12.0. The zero-order valence-corrected chi connectivity index (χ0v) is 14.3. The third-order valence-electron chi connectivity index (χ3n) is 3.99. The van der Waals surface area contributed by atoms with E-state index in [2.05, 4.69) is 0 Å². The maximum absolute atomic E-state index is 13.9. The van der Waals surface area contributed by atoms with Gasteiger partial charge in [-0.25, -0.2) is 4.39 Å². The first-order valence-corrected chi connectivity index (χ1v) is 8.12. The van der Waals surface area contributed by atoms with E-state index in [4.69, 9.17) is 11.6 Å². The maximum atomic E-state index is 13.9. The zero-order chi connectivity index (χ0) is 18.0. The van der Waals surface area contributed by atoms with Crippen LogP contribution in [0.4, 0.5) is 4.39 Å². The van der Waals surface area contributed by atoms with Crippen LogP contribution in [0.3, 0.4) is 0 Å². The molecule has 0 N–H and O–H groups in total. The number of hydrogen-bond donors (Lipinski definition) is 0. The Hall–Kier alpha value is -2.66.